The predicted molar refractivity (Wildman–Crippen MR) is 128 cm³/mol. The number of ether oxygens (including phenoxy) is 2. The van der Waals surface area contributed by atoms with E-state index >= 15 is 0 Å². The molecule has 2 aliphatic heterocycles. The van der Waals surface area contributed by atoms with E-state index in [1.807, 2.05) is 19.9 Å². The molecule has 0 aromatic heterocycles. The SMILES string of the molecule is CC(=O)NC1CCCCN1CCCOc1ccc2c(c1)OC(=C(C)C)C2=O.c1cc2ccc1-2. The third-order valence-corrected chi connectivity index (χ3v) is 6.13. The number of fused-ring (bicyclic) bond motifs is 2. The van der Waals surface area contributed by atoms with E-state index < -0.39 is 0 Å². The van der Waals surface area contributed by atoms with Crippen LogP contribution in [-0.4, -0.2) is 42.5 Å². The minimum absolute atomic E-state index is 0.0200. The van der Waals surface area contributed by atoms with Crippen molar-refractivity contribution < 1.29 is 19.1 Å². The van der Waals surface area contributed by atoms with Crippen LogP contribution in [0.5, 0.6) is 11.5 Å². The average molecular weight is 449 g/mol. The Morgan fingerprint density at radius 1 is 1.09 bits per heavy atom. The summed E-state index contributed by atoms with van der Waals surface area (Å²) in [6.07, 6.45) is 4.33. The zero-order valence-electron chi connectivity index (χ0n) is 19.6. The normalized spacial score (nSPS) is 18.0. The molecule has 1 N–H and O–H groups in total. The molecule has 0 saturated carbocycles. The van der Waals surface area contributed by atoms with E-state index in [1.165, 1.54) is 17.5 Å². The van der Waals surface area contributed by atoms with Gasteiger partial charge in [-0.05, 0) is 68.4 Å². The predicted octanol–water partition coefficient (Wildman–Crippen LogP) is 4.94. The number of benzene rings is 2. The summed E-state index contributed by atoms with van der Waals surface area (Å²) in [6, 6.07) is 13.8. The maximum absolute atomic E-state index is 12.2. The second-order valence-corrected chi connectivity index (χ2v) is 8.95. The minimum Gasteiger partial charge on any atom is -0.493 e. The number of nitrogens with zero attached hydrogens (tertiary/aromatic N) is 1. The lowest BCUT2D eigenvalue weighted by Gasteiger charge is -2.35. The molecule has 0 spiro atoms. The summed E-state index contributed by atoms with van der Waals surface area (Å²) in [5, 5.41) is 3.03. The van der Waals surface area contributed by atoms with Crippen LogP contribution in [0.1, 0.15) is 56.8 Å². The number of carbonyl (C=O) groups excluding carboxylic acids is 2. The molecule has 1 amide bonds. The van der Waals surface area contributed by atoms with Gasteiger partial charge in [-0.1, -0.05) is 24.3 Å². The van der Waals surface area contributed by atoms with Crippen molar-refractivity contribution in [2.45, 2.75) is 52.6 Å². The highest BCUT2D eigenvalue weighted by Gasteiger charge is 2.28. The van der Waals surface area contributed by atoms with Gasteiger partial charge in [0, 0.05) is 26.1 Å². The summed E-state index contributed by atoms with van der Waals surface area (Å²) in [4.78, 5) is 25.9. The quantitative estimate of drug-likeness (QED) is 0.427. The Labute approximate surface area is 195 Å². The smallest absolute Gasteiger partial charge is 0.231 e. The fourth-order valence-electron chi connectivity index (χ4n) is 4.25. The van der Waals surface area contributed by atoms with Gasteiger partial charge in [0.1, 0.15) is 11.5 Å². The van der Waals surface area contributed by atoms with Crippen LogP contribution < -0.4 is 14.8 Å². The molecular weight excluding hydrogens is 416 g/mol. The Hall–Kier alpha value is -3.12. The molecule has 1 atom stereocenters. The van der Waals surface area contributed by atoms with E-state index in [-0.39, 0.29) is 17.9 Å². The second-order valence-electron chi connectivity index (χ2n) is 8.95. The van der Waals surface area contributed by atoms with Gasteiger partial charge in [-0.3, -0.25) is 14.5 Å². The van der Waals surface area contributed by atoms with Gasteiger partial charge in [-0.25, -0.2) is 0 Å². The highest BCUT2D eigenvalue weighted by Crippen LogP contribution is 2.35. The number of hydrogen-bond donors (Lipinski definition) is 1. The maximum atomic E-state index is 12.2. The van der Waals surface area contributed by atoms with Gasteiger partial charge in [-0.15, -0.1) is 0 Å². The first kappa shape index (κ1) is 23.1. The van der Waals surface area contributed by atoms with Crippen molar-refractivity contribution in [3.63, 3.8) is 0 Å². The van der Waals surface area contributed by atoms with Crippen molar-refractivity contribution >= 4 is 11.7 Å². The standard InChI is InChI=1S/C21H28N2O4.C6H4/c1-14(2)21-20(25)17-9-8-16(13-18(17)27-21)26-12-6-11-23-10-5-4-7-19(23)22-15(3)24;1-2-6-4-3-5(1)6/h8-9,13,19H,4-7,10-12H2,1-3H3,(H,22,24);1-4H. The van der Waals surface area contributed by atoms with Crippen LogP contribution in [0.4, 0.5) is 0 Å². The summed E-state index contributed by atoms with van der Waals surface area (Å²) in [5.41, 5.74) is 4.31. The van der Waals surface area contributed by atoms with Crippen molar-refractivity contribution in [2.24, 2.45) is 0 Å². The topological polar surface area (TPSA) is 67.9 Å². The van der Waals surface area contributed by atoms with E-state index in [1.54, 1.807) is 19.1 Å². The van der Waals surface area contributed by atoms with Crippen LogP contribution >= 0.6 is 0 Å². The number of carbonyl (C=O) groups is 2. The van der Waals surface area contributed by atoms with Crippen LogP contribution in [0, 0.1) is 0 Å². The van der Waals surface area contributed by atoms with Crippen molar-refractivity contribution in [3.05, 3.63) is 59.4 Å². The van der Waals surface area contributed by atoms with E-state index in [2.05, 4.69) is 34.5 Å². The molecule has 6 heteroatoms. The molecule has 1 fully saturated rings. The number of ketones is 1. The molecule has 2 heterocycles. The Balaban J connectivity index is 0.000000367. The van der Waals surface area contributed by atoms with Crippen LogP contribution in [0.3, 0.4) is 0 Å². The fraction of sp³-hybridized carbons (Fsp3) is 0.407. The number of likely N-dealkylation sites (tertiary alicyclic amines) is 1. The number of Topliss-reactive ketones (excluding diaryl/α,β-unsaturated/α-hetero) is 1. The van der Waals surface area contributed by atoms with Crippen LogP contribution in [0.15, 0.2) is 53.8 Å². The Morgan fingerprint density at radius 3 is 2.42 bits per heavy atom. The third-order valence-electron chi connectivity index (χ3n) is 6.13. The molecule has 5 rings (SSSR count). The first-order valence-corrected chi connectivity index (χ1v) is 11.7. The second kappa shape index (κ2) is 10.2. The van der Waals surface area contributed by atoms with Crippen LogP contribution in [-0.2, 0) is 4.79 Å². The molecule has 1 unspecified atom stereocenters. The molecule has 1 aromatic rings. The lowest BCUT2D eigenvalue weighted by molar-refractivity contribution is -0.121. The molecule has 6 nitrogen and oxygen atoms in total. The third kappa shape index (κ3) is 5.45. The summed E-state index contributed by atoms with van der Waals surface area (Å²) < 4.78 is 11.5. The first-order chi connectivity index (χ1) is 15.9. The van der Waals surface area contributed by atoms with Crippen molar-refractivity contribution in [3.8, 4) is 22.6 Å². The van der Waals surface area contributed by atoms with Gasteiger partial charge in [-0.2, -0.15) is 0 Å². The van der Waals surface area contributed by atoms with E-state index in [4.69, 9.17) is 9.47 Å². The van der Waals surface area contributed by atoms with E-state index in [9.17, 15) is 9.59 Å². The van der Waals surface area contributed by atoms with E-state index in [0.717, 1.165) is 37.9 Å². The number of amides is 1. The number of piperidine rings is 1. The highest BCUT2D eigenvalue weighted by molar-refractivity contribution is 6.12. The van der Waals surface area contributed by atoms with Gasteiger partial charge in [0.15, 0.2) is 5.76 Å². The number of hydrogen-bond acceptors (Lipinski definition) is 5. The highest BCUT2D eigenvalue weighted by atomic mass is 16.5. The molecule has 33 heavy (non-hydrogen) atoms. The largest absolute Gasteiger partial charge is 0.493 e. The number of rotatable bonds is 6. The van der Waals surface area contributed by atoms with Crippen molar-refractivity contribution in [1.29, 1.82) is 0 Å². The zero-order chi connectivity index (χ0) is 23.4. The lowest BCUT2D eigenvalue weighted by Crippen LogP contribution is -2.50. The van der Waals surface area contributed by atoms with Gasteiger partial charge >= 0.3 is 0 Å². The monoisotopic (exact) mass is 448 g/mol. The Morgan fingerprint density at radius 2 is 1.82 bits per heavy atom. The molecule has 1 saturated heterocycles. The Bertz CT molecular complexity index is 1030. The summed E-state index contributed by atoms with van der Waals surface area (Å²) in [6.45, 7) is 7.76. The number of allylic oxidation sites excluding steroid dienone is 2. The summed E-state index contributed by atoms with van der Waals surface area (Å²) in [5.74, 6) is 1.64. The van der Waals surface area contributed by atoms with Gasteiger partial charge in [0.05, 0.1) is 18.3 Å². The van der Waals surface area contributed by atoms with Crippen LogP contribution in [0.2, 0.25) is 0 Å². The molecular formula is C27H32N2O4. The Kier molecular flexibility index (Phi) is 7.14. The molecule has 4 aliphatic rings. The minimum atomic E-state index is -0.0642. The van der Waals surface area contributed by atoms with Crippen molar-refractivity contribution in [2.75, 3.05) is 19.7 Å². The number of nitrogens with one attached hydrogen (secondary N) is 1. The fourth-order valence-corrected chi connectivity index (χ4v) is 4.25. The van der Waals surface area contributed by atoms with E-state index in [0.29, 0.717) is 29.4 Å². The average Bonchev–Trinajstić information content (AvgIpc) is 3.11. The van der Waals surface area contributed by atoms with Crippen molar-refractivity contribution in [1.82, 2.24) is 10.2 Å². The molecule has 0 bridgehead atoms. The zero-order valence-corrected chi connectivity index (χ0v) is 19.6. The molecule has 0 radical (unpaired) electrons. The molecule has 1 aromatic carbocycles. The molecule has 2 aliphatic carbocycles. The maximum Gasteiger partial charge on any atom is 0.231 e. The van der Waals surface area contributed by atoms with Gasteiger partial charge < -0.3 is 14.8 Å². The van der Waals surface area contributed by atoms with Gasteiger partial charge in [0.25, 0.3) is 0 Å². The summed E-state index contributed by atoms with van der Waals surface area (Å²) in [7, 11) is 0. The van der Waals surface area contributed by atoms with Crippen LogP contribution in [0.25, 0.3) is 11.1 Å². The molecule has 174 valence electrons. The lowest BCUT2D eigenvalue weighted by atomic mass is 9.95. The first-order valence-electron chi connectivity index (χ1n) is 11.7. The summed E-state index contributed by atoms with van der Waals surface area (Å²) >= 11 is 0. The van der Waals surface area contributed by atoms with Gasteiger partial charge in [0.2, 0.25) is 11.7 Å².